The summed E-state index contributed by atoms with van der Waals surface area (Å²) in [4.78, 5) is 26.8. The Labute approximate surface area is 525 Å². The van der Waals surface area contributed by atoms with Crippen LogP contribution in [0.1, 0.15) is 22.8 Å². The molecule has 0 saturated heterocycles. The molecule has 2 radical (unpaired) electrons. The minimum Gasteiger partial charge on any atom is -0.486 e. The summed E-state index contributed by atoms with van der Waals surface area (Å²) in [5.74, 6) is -0.501. The first-order valence-corrected chi connectivity index (χ1v) is 26.8. The molecular formula is C72H57F2Ir2N6O4-3. The Kier molecular flexibility index (Phi) is 23.4. The van der Waals surface area contributed by atoms with Crippen molar-refractivity contribution in [3.8, 4) is 67.3 Å². The van der Waals surface area contributed by atoms with E-state index in [-0.39, 0.29) is 51.8 Å². The molecule has 0 spiro atoms. The second-order valence-corrected chi connectivity index (χ2v) is 18.8. The second kappa shape index (κ2) is 31.2. The summed E-state index contributed by atoms with van der Waals surface area (Å²) in [5, 5.41) is 18.0. The smallest absolute Gasteiger partial charge is 0.227 e. The first kappa shape index (κ1) is 64.5. The van der Waals surface area contributed by atoms with E-state index in [2.05, 4.69) is 48.1 Å². The van der Waals surface area contributed by atoms with Crippen LogP contribution in [-0.2, 0) is 40.2 Å². The van der Waals surface area contributed by atoms with Crippen LogP contribution in [0.4, 0.5) is 8.78 Å². The molecule has 0 atom stereocenters. The normalized spacial score (nSPS) is 10.3. The van der Waals surface area contributed by atoms with Gasteiger partial charge in [0.05, 0.1) is 11.3 Å². The Bertz CT molecular complexity index is 4170. The molecule has 8 aromatic heterocycles. The minimum absolute atomic E-state index is 0. The van der Waals surface area contributed by atoms with Gasteiger partial charge >= 0.3 is 0 Å². The van der Waals surface area contributed by atoms with Crippen molar-refractivity contribution in [1.29, 1.82) is 0 Å². The number of para-hydroxylation sites is 1. The molecule has 6 aromatic carbocycles. The first-order valence-electron chi connectivity index (χ1n) is 26.8. The van der Waals surface area contributed by atoms with Gasteiger partial charge in [0, 0.05) is 111 Å². The number of aliphatic hydroxyl groups excluding tert-OH is 2. The van der Waals surface area contributed by atoms with Crippen molar-refractivity contribution in [3.63, 3.8) is 0 Å². The van der Waals surface area contributed by atoms with Gasteiger partial charge in [-0.25, -0.2) is 18.7 Å². The van der Waals surface area contributed by atoms with Crippen molar-refractivity contribution in [3.05, 3.63) is 277 Å². The SMILES string of the molecule is CO.CO.Cc1ccc2c(n1)oc1c(-c3cc(-c4ccc(F)cc4)ccn3)[c-]ccc12.Cc1ccc2c(n1)oc1c(-c3cc(-c4ccc(F)cc4)ccn3)cccc12.Cc1cccc(-c2[c-]cccc2)n1.Cc1cccc(-c2[c-]cccc2)n1.[Ir].[Ir]. The molecule has 14 heteroatoms. The van der Waals surface area contributed by atoms with Crippen molar-refractivity contribution in [1.82, 2.24) is 29.9 Å². The van der Waals surface area contributed by atoms with Gasteiger partial charge in [0.25, 0.3) is 0 Å². The third-order valence-electron chi connectivity index (χ3n) is 13.1. The largest absolute Gasteiger partial charge is 0.486 e. The first-order chi connectivity index (χ1) is 41.1. The third kappa shape index (κ3) is 15.8. The Morgan fingerprint density at radius 3 is 1.30 bits per heavy atom. The quantitative estimate of drug-likeness (QED) is 0.154. The molecule has 2 N–H and O–H groups in total. The van der Waals surface area contributed by atoms with Crippen molar-refractivity contribution >= 4 is 44.1 Å². The van der Waals surface area contributed by atoms with Crippen molar-refractivity contribution in [2.24, 2.45) is 0 Å². The standard InChI is InChI=1S/C23H15FN2O.C23H14FN2O.2C12H10N.2CH4O.2Ir/c2*1-14-5-10-19-18-3-2-4-20(22(18)27-23(19)26-14)21-13-16(11-12-25-21)15-6-8-17(24)9-7-15;2*1-10-6-5-9-12(13-10)11-7-3-2-4-8-11;2*1-2;;/h2-13H,1H3;2-3,5-13H,1H3;2*2-7,9H,1H3;2*2H,1H3;;/q;3*-1;;;;. The maximum Gasteiger partial charge on any atom is 0.227 e. The van der Waals surface area contributed by atoms with Crippen LogP contribution < -0.4 is 0 Å². The van der Waals surface area contributed by atoms with Crippen LogP contribution in [0.5, 0.6) is 0 Å². The van der Waals surface area contributed by atoms with Gasteiger partial charge in [0.2, 0.25) is 11.4 Å². The van der Waals surface area contributed by atoms with Gasteiger partial charge in [-0.2, -0.15) is 0 Å². The number of aromatic nitrogens is 6. The molecule has 0 bridgehead atoms. The summed E-state index contributed by atoms with van der Waals surface area (Å²) in [6.07, 6.45) is 3.50. The number of furan rings is 2. The number of halogens is 2. The van der Waals surface area contributed by atoms with E-state index in [1.165, 1.54) is 24.3 Å². The second-order valence-electron chi connectivity index (χ2n) is 18.8. The fourth-order valence-electron chi connectivity index (χ4n) is 9.16. The van der Waals surface area contributed by atoms with E-state index in [1.54, 1.807) is 36.7 Å². The zero-order chi connectivity index (χ0) is 59.0. The third-order valence-corrected chi connectivity index (χ3v) is 13.1. The molecule has 0 aliphatic carbocycles. The summed E-state index contributed by atoms with van der Waals surface area (Å²) in [6.45, 7) is 7.87. The van der Waals surface area contributed by atoms with Crippen LogP contribution >= 0.6 is 0 Å². The van der Waals surface area contributed by atoms with Gasteiger partial charge in [-0.3, -0.25) is 4.98 Å². The fourth-order valence-corrected chi connectivity index (χ4v) is 9.16. The molecule has 0 amide bonds. The molecule has 0 aliphatic heterocycles. The number of aliphatic hydroxyl groups is 2. The Balaban J connectivity index is 0.000000168. The number of hydrogen-bond donors (Lipinski definition) is 2. The van der Waals surface area contributed by atoms with Gasteiger partial charge in [0.1, 0.15) is 17.2 Å². The van der Waals surface area contributed by atoms with E-state index < -0.39 is 0 Å². The van der Waals surface area contributed by atoms with Crippen LogP contribution in [0.25, 0.3) is 111 Å². The zero-order valence-corrected chi connectivity index (χ0v) is 52.5. The van der Waals surface area contributed by atoms with E-state index >= 15 is 0 Å². The molecule has 0 unspecified atom stereocenters. The summed E-state index contributed by atoms with van der Waals surface area (Å²) in [7, 11) is 2.00. The molecule has 434 valence electrons. The average Bonchev–Trinajstić information content (AvgIpc) is 2.23. The number of aryl methyl sites for hydroxylation is 4. The summed E-state index contributed by atoms with van der Waals surface area (Å²) in [6, 6.07) is 75.8. The molecule has 14 rings (SSSR count). The van der Waals surface area contributed by atoms with E-state index in [0.29, 0.717) is 17.0 Å². The zero-order valence-electron chi connectivity index (χ0n) is 47.7. The predicted octanol–water partition coefficient (Wildman–Crippen LogP) is 17.0. The molecule has 10 nitrogen and oxygen atoms in total. The molecule has 14 aromatic rings. The van der Waals surface area contributed by atoms with Crippen LogP contribution in [0.15, 0.2) is 234 Å². The molecule has 0 saturated carbocycles. The molecular weight excluding hydrogens is 1440 g/mol. The summed E-state index contributed by atoms with van der Waals surface area (Å²) >= 11 is 0. The van der Waals surface area contributed by atoms with Crippen molar-refractivity contribution in [2.75, 3.05) is 14.2 Å². The predicted molar refractivity (Wildman–Crippen MR) is 331 cm³/mol. The topological polar surface area (TPSA) is 144 Å². The van der Waals surface area contributed by atoms with E-state index in [9.17, 15) is 8.78 Å². The van der Waals surface area contributed by atoms with E-state index in [4.69, 9.17) is 19.0 Å². The summed E-state index contributed by atoms with van der Waals surface area (Å²) < 4.78 is 38.6. The van der Waals surface area contributed by atoms with Crippen LogP contribution in [0.3, 0.4) is 0 Å². The van der Waals surface area contributed by atoms with Crippen molar-refractivity contribution in [2.45, 2.75) is 27.7 Å². The number of nitrogens with zero attached hydrogens (tertiary/aromatic N) is 6. The monoisotopic (exact) mass is 1490 g/mol. The molecule has 0 fully saturated rings. The van der Waals surface area contributed by atoms with Gasteiger partial charge in [-0.15, -0.1) is 90.0 Å². The van der Waals surface area contributed by atoms with Crippen LogP contribution in [0.2, 0.25) is 0 Å². The Hall–Kier alpha value is -9.10. The Morgan fingerprint density at radius 1 is 0.360 bits per heavy atom. The maximum absolute atomic E-state index is 13.2. The molecule has 8 heterocycles. The molecule has 0 aliphatic rings. The van der Waals surface area contributed by atoms with E-state index in [1.807, 2.05) is 191 Å². The number of benzene rings is 6. The van der Waals surface area contributed by atoms with Gasteiger partial charge in [-0.1, -0.05) is 77.7 Å². The summed E-state index contributed by atoms with van der Waals surface area (Å²) in [5.41, 5.74) is 17.7. The van der Waals surface area contributed by atoms with Gasteiger partial charge in [0.15, 0.2) is 0 Å². The number of fused-ring (bicyclic) bond motifs is 6. The van der Waals surface area contributed by atoms with Crippen molar-refractivity contribution < 1.29 is 68.0 Å². The number of hydrogen-bond acceptors (Lipinski definition) is 10. The van der Waals surface area contributed by atoms with Gasteiger partial charge < -0.3 is 34.0 Å². The molecule has 86 heavy (non-hydrogen) atoms. The van der Waals surface area contributed by atoms with E-state index in [0.717, 1.165) is 131 Å². The number of rotatable bonds is 6. The Morgan fingerprint density at radius 2 is 0.814 bits per heavy atom. The van der Waals surface area contributed by atoms with Gasteiger partial charge in [-0.05, 0) is 152 Å². The average molecular weight is 1490 g/mol. The van der Waals surface area contributed by atoms with Crippen LogP contribution in [-0.4, -0.2) is 54.3 Å². The maximum atomic E-state index is 13.2. The minimum atomic E-state index is -0.254. The van der Waals surface area contributed by atoms with Crippen LogP contribution in [0, 0.1) is 57.5 Å². The number of pyridine rings is 6. The fraction of sp³-hybridized carbons (Fsp3) is 0.0833.